The number of piperidine rings is 1. The number of aromatic nitrogens is 3. The van der Waals surface area contributed by atoms with E-state index in [0.717, 1.165) is 49.8 Å². The van der Waals surface area contributed by atoms with Crippen LogP contribution in [-0.4, -0.2) is 39.5 Å². The van der Waals surface area contributed by atoms with Crippen molar-refractivity contribution in [3.63, 3.8) is 0 Å². The number of nitrogens with zero attached hydrogens (tertiary/aromatic N) is 4. The maximum Gasteiger partial charge on any atom is 0.147 e. The Morgan fingerprint density at radius 1 is 1.25 bits per heavy atom. The minimum Gasteiger partial charge on any atom is -0.368 e. The first-order chi connectivity index (χ1) is 11.6. The van der Waals surface area contributed by atoms with Gasteiger partial charge in [0.15, 0.2) is 0 Å². The summed E-state index contributed by atoms with van der Waals surface area (Å²) >= 11 is 1.79. The van der Waals surface area contributed by atoms with Gasteiger partial charge in [-0.3, -0.25) is 9.88 Å². The van der Waals surface area contributed by atoms with Gasteiger partial charge in [-0.1, -0.05) is 6.92 Å². The molecule has 0 aliphatic carbocycles. The molecular weight excluding hydrogens is 318 g/mol. The molecule has 1 aliphatic rings. The van der Waals surface area contributed by atoms with Gasteiger partial charge in [-0.25, -0.2) is 9.97 Å². The number of aryl methyl sites for hydroxylation is 3. The number of thiazole rings is 1. The lowest BCUT2D eigenvalue weighted by molar-refractivity contribution is 0.181. The van der Waals surface area contributed by atoms with Gasteiger partial charge in [0.25, 0.3) is 0 Å². The molecule has 0 aromatic carbocycles. The van der Waals surface area contributed by atoms with Gasteiger partial charge in [0, 0.05) is 24.7 Å². The molecule has 0 unspecified atom stereocenters. The second-order valence-electron chi connectivity index (χ2n) is 6.63. The smallest absolute Gasteiger partial charge is 0.147 e. The lowest BCUT2D eigenvalue weighted by atomic mass is 9.96. The van der Waals surface area contributed by atoms with E-state index in [0.29, 0.717) is 5.92 Å². The fraction of sp³-hybridized carbons (Fsp3) is 0.611. The Hall–Kier alpha value is -1.53. The predicted molar refractivity (Wildman–Crippen MR) is 99.5 cm³/mol. The molecule has 1 fully saturated rings. The monoisotopic (exact) mass is 345 g/mol. The van der Waals surface area contributed by atoms with Crippen molar-refractivity contribution in [2.75, 3.05) is 25.0 Å². The molecule has 130 valence electrons. The van der Waals surface area contributed by atoms with Crippen molar-refractivity contribution in [1.82, 2.24) is 19.9 Å². The maximum atomic E-state index is 4.69. The summed E-state index contributed by atoms with van der Waals surface area (Å²) in [4.78, 5) is 16.1. The molecule has 3 heterocycles. The van der Waals surface area contributed by atoms with Crippen LogP contribution in [-0.2, 0) is 13.0 Å². The molecule has 0 saturated carbocycles. The topological polar surface area (TPSA) is 53.9 Å². The zero-order valence-electron chi connectivity index (χ0n) is 14.9. The van der Waals surface area contributed by atoms with Crippen LogP contribution < -0.4 is 5.32 Å². The lowest BCUT2D eigenvalue weighted by Gasteiger charge is -2.31. The van der Waals surface area contributed by atoms with E-state index in [-0.39, 0.29) is 0 Å². The van der Waals surface area contributed by atoms with Crippen LogP contribution in [0.5, 0.6) is 0 Å². The van der Waals surface area contributed by atoms with E-state index in [1.54, 1.807) is 11.3 Å². The molecule has 1 aliphatic heterocycles. The van der Waals surface area contributed by atoms with E-state index in [1.807, 2.05) is 20.0 Å². The molecule has 0 bridgehead atoms. The van der Waals surface area contributed by atoms with Crippen molar-refractivity contribution < 1.29 is 0 Å². The summed E-state index contributed by atoms with van der Waals surface area (Å²) in [7, 11) is 0. The molecule has 5 nitrogen and oxygen atoms in total. The highest BCUT2D eigenvalue weighted by Gasteiger charge is 2.20. The van der Waals surface area contributed by atoms with Crippen molar-refractivity contribution >= 4 is 17.2 Å². The maximum absolute atomic E-state index is 4.69. The molecule has 3 rings (SSSR count). The van der Waals surface area contributed by atoms with E-state index >= 15 is 0 Å². The molecule has 0 atom stereocenters. The number of likely N-dealkylation sites (tertiary alicyclic amines) is 1. The molecule has 0 radical (unpaired) electrons. The first kappa shape index (κ1) is 17.3. The van der Waals surface area contributed by atoms with Gasteiger partial charge in [-0.2, -0.15) is 0 Å². The first-order valence-corrected chi connectivity index (χ1v) is 9.71. The third-order valence-electron chi connectivity index (χ3n) is 4.63. The number of anilines is 1. The second kappa shape index (κ2) is 8.03. The summed E-state index contributed by atoms with van der Waals surface area (Å²) < 4.78 is 0. The molecule has 6 heteroatoms. The minimum absolute atomic E-state index is 0.713. The van der Waals surface area contributed by atoms with E-state index in [1.165, 1.54) is 23.5 Å². The van der Waals surface area contributed by atoms with Crippen molar-refractivity contribution in [3.8, 4) is 0 Å². The molecule has 24 heavy (non-hydrogen) atoms. The van der Waals surface area contributed by atoms with E-state index in [9.17, 15) is 0 Å². The quantitative estimate of drug-likeness (QED) is 0.869. The van der Waals surface area contributed by atoms with Crippen molar-refractivity contribution in [1.29, 1.82) is 0 Å². The Balaban J connectivity index is 1.44. The fourth-order valence-corrected chi connectivity index (χ4v) is 3.84. The molecule has 2 aromatic rings. The van der Waals surface area contributed by atoms with Gasteiger partial charge in [0.2, 0.25) is 0 Å². The fourth-order valence-electron chi connectivity index (χ4n) is 3.11. The highest BCUT2D eigenvalue weighted by molar-refractivity contribution is 7.09. The zero-order valence-corrected chi connectivity index (χ0v) is 15.7. The number of hydrogen-bond acceptors (Lipinski definition) is 6. The average Bonchev–Trinajstić information content (AvgIpc) is 3.04. The van der Waals surface area contributed by atoms with Crippen LogP contribution in [0.4, 0.5) is 5.82 Å². The summed E-state index contributed by atoms with van der Waals surface area (Å²) in [5.41, 5.74) is 3.18. The molecule has 0 amide bonds. The van der Waals surface area contributed by atoms with Crippen LogP contribution in [0.1, 0.15) is 41.9 Å². The average molecular weight is 346 g/mol. The Bertz CT molecular complexity index is 661. The van der Waals surface area contributed by atoms with Crippen molar-refractivity contribution in [2.24, 2.45) is 5.92 Å². The van der Waals surface area contributed by atoms with Gasteiger partial charge >= 0.3 is 0 Å². The van der Waals surface area contributed by atoms with Gasteiger partial charge < -0.3 is 5.32 Å². The summed E-state index contributed by atoms with van der Waals surface area (Å²) in [6, 6.07) is 0. The predicted octanol–water partition coefficient (Wildman–Crippen LogP) is 3.44. The van der Waals surface area contributed by atoms with Crippen molar-refractivity contribution in [3.05, 3.63) is 33.7 Å². The second-order valence-corrected chi connectivity index (χ2v) is 7.57. The molecular formula is C18H27N5S. The minimum atomic E-state index is 0.713. The Morgan fingerprint density at radius 3 is 2.75 bits per heavy atom. The van der Waals surface area contributed by atoms with E-state index in [4.69, 9.17) is 0 Å². The standard InChI is InChI=1S/C18H27N5S/c1-4-17-22-16(12-24-17)11-23-7-5-15(6-8-23)10-20-18-14(3)19-9-13(2)21-18/h9,12,15H,4-8,10-11H2,1-3H3,(H,20,21). The van der Waals surface area contributed by atoms with Crippen LogP contribution in [0.25, 0.3) is 0 Å². The third kappa shape index (κ3) is 4.51. The largest absolute Gasteiger partial charge is 0.368 e. The van der Waals surface area contributed by atoms with Gasteiger partial charge in [0.1, 0.15) is 5.82 Å². The third-order valence-corrected chi connectivity index (χ3v) is 5.67. The molecule has 2 aromatic heterocycles. The number of hydrogen-bond donors (Lipinski definition) is 1. The van der Waals surface area contributed by atoms with Crippen molar-refractivity contribution in [2.45, 2.75) is 46.6 Å². The van der Waals surface area contributed by atoms with Crippen LogP contribution >= 0.6 is 11.3 Å². The van der Waals surface area contributed by atoms with Crippen LogP contribution in [0.15, 0.2) is 11.6 Å². The van der Waals surface area contributed by atoms with Gasteiger partial charge in [0.05, 0.1) is 22.1 Å². The number of rotatable bonds is 6. The molecule has 0 spiro atoms. The highest BCUT2D eigenvalue weighted by atomic mass is 32.1. The van der Waals surface area contributed by atoms with E-state index in [2.05, 4.69) is 37.5 Å². The lowest BCUT2D eigenvalue weighted by Crippen LogP contribution is -2.35. The first-order valence-electron chi connectivity index (χ1n) is 8.83. The normalized spacial score (nSPS) is 16.5. The van der Waals surface area contributed by atoms with Crippen LogP contribution in [0.3, 0.4) is 0 Å². The SMILES string of the molecule is CCc1nc(CN2CCC(CNc3nc(C)cnc3C)CC2)cs1. The van der Waals surface area contributed by atoms with Crippen LogP contribution in [0.2, 0.25) is 0 Å². The highest BCUT2D eigenvalue weighted by Crippen LogP contribution is 2.21. The van der Waals surface area contributed by atoms with Gasteiger partial charge in [-0.15, -0.1) is 11.3 Å². The zero-order chi connectivity index (χ0) is 16.9. The van der Waals surface area contributed by atoms with E-state index < -0.39 is 0 Å². The summed E-state index contributed by atoms with van der Waals surface area (Å²) in [5, 5.41) is 6.96. The summed E-state index contributed by atoms with van der Waals surface area (Å²) in [6.45, 7) is 10.5. The van der Waals surface area contributed by atoms with Gasteiger partial charge in [-0.05, 0) is 52.1 Å². The Kier molecular flexibility index (Phi) is 5.79. The molecule has 1 saturated heterocycles. The summed E-state index contributed by atoms with van der Waals surface area (Å²) in [5.74, 6) is 1.65. The molecule has 1 N–H and O–H groups in total. The Morgan fingerprint density at radius 2 is 2.04 bits per heavy atom. The number of nitrogens with one attached hydrogen (secondary N) is 1. The van der Waals surface area contributed by atoms with Crippen LogP contribution in [0, 0.1) is 19.8 Å². The summed E-state index contributed by atoms with van der Waals surface area (Å²) in [6.07, 6.45) is 5.33. The Labute approximate surface area is 148 Å².